The van der Waals surface area contributed by atoms with Crippen molar-refractivity contribution in [1.29, 1.82) is 0 Å². The van der Waals surface area contributed by atoms with Crippen LogP contribution in [0.3, 0.4) is 0 Å². The van der Waals surface area contributed by atoms with Gasteiger partial charge >= 0.3 is 0 Å². The van der Waals surface area contributed by atoms with Gasteiger partial charge < -0.3 is 20.5 Å². The first-order chi connectivity index (χ1) is 7.74. The molecule has 0 aliphatic rings. The zero-order valence-corrected chi connectivity index (χ0v) is 9.90. The summed E-state index contributed by atoms with van der Waals surface area (Å²) in [6, 6.07) is 7.79. The van der Waals surface area contributed by atoms with Crippen LogP contribution in [0.25, 0.3) is 0 Å². The number of ether oxygens (including phenoxy) is 2. The molecule has 0 amide bonds. The summed E-state index contributed by atoms with van der Waals surface area (Å²) in [5.74, 6) is 1.53. The molecule has 0 bridgehead atoms. The van der Waals surface area contributed by atoms with E-state index >= 15 is 0 Å². The van der Waals surface area contributed by atoms with Crippen molar-refractivity contribution in [2.45, 2.75) is 13.0 Å². The quantitative estimate of drug-likeness (QED) is 0.679. The monoisotopic (exact) mass is 224 g/mol. The molecule has 1 atom stereocenters. The summed E-state index contributed by atoms with van der Waals surface area (Å²) in [7, 11) is 1.64. The molecule has 16 heavy (non-hydrogen) atoms. The van der Waals surface area contributed by atoms with E-state index in [2.05, 4.69) is 5.32 Å². The number of hydrogen-bond acceptors (Lipinski definition) is 4. The van der Waals surface area contributed by atoms with Crippen LogP contribution in [0.5, 0.6) is 11.5 Å². The summed E-state index contributed by atoms with van der Waals surface area (Å²) in [6.07, 6.45) is 0. The zero-order chi connectivity index (χ0) is 11.8. The standard InChI is InChI=1S/C12H20N2O2/c1-10(13)9-14-7-8-16-12-6-4-3-5-11(12)15-2/h3-6,10,14H,7-9,13H2,1-2H3. The molecule has 0 aromatic heterocycles. The Morgan fingerprint density at radius 1 is 1.31 bits per heavy atom. The molecule has 3 N–H and O–H groups in total. The van der Waals surface area contributed by atoms with Gasteiger partial charge in [0.25, 0.3) is 0 Å². The number of methoxy groups -OCH3 is 1. The first kappa shape index (κ1) is 12.8. The second kappa shape index (κ2) is 7.09. The van der Waals surface area contributed by atoms with Gasteiger partial charge in [-0.15, -0.1) is 0 Å². The van der Waals surface area contributed by atoms with Crippen LogP contribution >= 0.6 is 0 Å². The normalized spacial score (nSPS) is 12.2. The van der Waals surface area contributed by atoms with Gasteiger partial charge in [-0.25, -0.2) is 0 Å². The molecule has 1 rings (SSSR count). The van der Waals surface area contributed by atoms with E-state index in [9.17, 15) is 0 Å². The second-order valence-corrected chi connectivity index (χ2v) is 3.68. The Hall–Kier alpha value is -1.26. The highest BCUT2D eigenvalue weighted by Gasteiger charge is 2.01. The Balaban J connectivity index is 2.26. The molecule has 1 unspecified atom stereocenters. The lowest BCUT2D eigenvalue weighted by Gasteiger charge is -2.11. The van der Waals surface area contributed by atoms with Crippen molar-refractivity contribution in [3.05, 3.63) is 24.3 Å². The molecule has 0 spiro atoms. The third-order valence-electron chi connectivity index (χ3n) is 2.07. The number of para-hydroxylation sites is 2. The highest BCUT2D eigenvalue weighted by Crippen LogP contribution is 2.25. The fraction of sp³-hybridized carbons (Fsp3) is 0.500. The molecular formula is C12H20N2O2. The minimum absolute atomic E-state index is 0.172. The third-order valence-corrected chi connectivity index (χ3v) is 2.07. The molecule has 0 aliphatic carbocycles. The lowest BCUT2D eigenvalue weighted by molar-refractivity contribution is 0.291. The maximum atomic E-state index is 5.61. The summed E-state index contributed by atoms with van der Waals surface area (Å²) < 4.78 is 10.8. The van der Waals surface area contributed by atoms with Crippen LogP contribution in [0.4, 0.5) is 0 Å². The average molecular weight is 224 g/mol. The molecule has 0 heterocycles. The number of nitrogens with one attached hydrogen (secondary N) is 1. The van der Waals surface area contributed by atoms with Crippen molar-refractivity contribution in [2.75, 3.05) is 26.8 Å². The Morgan fingerprint density at radius 3 is 2.62 bits per heavy atom. The highest BCUT2D eigenvalue weighted by atomic mass is 16.5. The van der Waals surface area contributed by atoms with Gasteiger partial charge in [-0.1, -0.05) is 12.1 Å². The lowest BCUT2D eigenvalue weighted by Crippen LogP contribution is -2.33. The van der Waals surface area contributed by atoms with Crippen LogP contribution in [-0.2, 0) is 0 Å². The van der Waals surface area contributed by atoms with Crippen molar-refractivity contribution < 1.29 is 9.47 Å². The molecule has 0 saturated heterocycles. The van der Waals surface area contributed by atoms with Crippen LogP contribution in [0.15, 0.2) is 24.3 Å². The van der Waals surface area contributed by atoms with Crippen molar-refractivity contribution in [3.63, 3.8) is 0 Å². The van der Waals surface area contributed by atoms with Gasteiger partial charge in [-0.2, -0.15) is 0 Å². The molecular weight excluding hydrogens is 204 g/mol. The summed E-state index contributed by atoms with van der Waals surface area (Å²) >= 11 is 0. The van der Waals surface area contributed by atoms with E-state index in [1.54, 1.807) is 7.11 Å². The number of hydrogen-bond donors (Lipinski definition) is 2. The Kier molecular flexibility index (Phi) is 5.67. The van der Waals surface area contributed by atoms with Crippen LogP contribution in [0, 0.1) is 0 Å². The minimum atomic E-state index is 0.172. The number of nitrogens with two attached hydrogens (primary N) is 1. The third kappa shape index (κ3) is 4.51. The Labute approximate surface area is 96.7 Å². The molecule has 90 valence electrons. The van der Waals surface area contributed by atoms with E-state index in [0.717, 1.165) is 24.6 Å². The summed E-state index contributed by atoms with van der Waals surface area (Å²) in [6.45, 7) is 4.15. The summed E-state index contributed by atoms with van der Waals surface area (Å²) in [4.78, 5) is 0. The number of rotatable bonds is 7. The Morgan fingerprint density at radius 2 is 2.00 bits per heavy atom. The van der Waals surface area contributed by atoms with Crippen LogP contribution in [0.2, 0.25) is 0 Å². The van der Waals surface area contributed by atoms with Crippen molar-refractivity contribution in [2.24, 2.45) is 5.73 Å². The van der Waals surface area contributed by atoms with Gasteiger partial charge in [0, 0.05) is 19.1 Å². The lowest BCUT2D eigenvalue weighted by atomic mass is 10.3. The molecule has 0 aliphatic heterocycles. The van der Waals surface area contributed by atoms with Crippen LogP contribution in [0.1, 0.15) is 6.92 Å². The smallest absolute Gasteiger partial charge is 0.161 e. The highest BCUT2D eigenvalue weighted by molar-refractivity contribution is 5.39. The number of benzene rings is 1. The molecule has 4 nitrogen and oxygen atoms in total. The maximum absolute atomic E-state index is 5.61. The predicted octanol–water partition coefficient (Wildman–Crippen LogP) is 1.01. The molecule has 0 radical (unpaired) electrons. The molecule has 0 fully saturated rings. The molecule has 1 aromatic rings. The van der Waals surface area contributed by atoms with Crippen molar-refractivity contribution in [3.8, 4) is 11.5 Å². The summed E-state index contributed by atoms with van der Waals surface area (Å²) in [5, 5.41) is 3.20. The van der Waals surface area contributed by atoms with Gasteiger partial charge in [0.15, 0.2) is 11.5 Å². The van der Waals surface area contributed by atoms with E-state index in [0.29, 0.717) is 6.61 Å². The van der Waals surface area contributed by atoms with Gasteiger partial charge in [0.2, 0.25) is 0 Å². The van der Waals surface area contributed by atoms with E-state index in [-0.39, 0.29) is 6.04 Å². The van der Waals surface area contributed by atoms with E-state index in [4.69, 9.17) is 15.2 Å². The van der Waals surface area contributed by atoms with Crippen LogP contribution < -0.4 is 20.5 Å². The van der Waals surface area contributed by atoms with E-state index in [1.807, 2.05) is 31.2 Å². The average Bonchev–Trinajstić information content (AvgIpc) is 2.29. The fourth-order valence-electron chi connectivity index (χ4n) is 1.30. The molecule has 4 heteroatoms. The maximum Gasteiger partial charge on any atom is 0.161 e. The van der Waals surface area contributed by atoms with Crippen molar-refractivity contribution >= 4 is 0 Å². The van der Waals surface area contributed by atoms with Crippen molar-refractivity contribution in [1.82, 2.24) is 5.32 Å². The van der Waals surface area contributed by atoms with Gasteiger partial charge in [0.1, 0.15) is 6.61 Å². The SMILES string of the molecule is COc1ccccc1OCCNCC(C)N. The fourth-order valence-corrected chi connectivity index (χ4v) is 1.30. The first-order valence-electron chi connectivity index (χ1n) is 5.46. The predicted molar refractivity (Wildman–Crippen MR) is 65.0 cm³/mol. The topological polar surface area (TPSA) is 56.5 Å². The molecule has 1 aromatic carbocycles. The minimum Gasteiger partial charge on any atom is -0.493 e. The van der Waals surface area contributed by atoms with Gasteiger partial charge in [-0.3, -0.25) is 0 Å². The first-order valence-corrected chi connectivity index (χ1v) is 5.46. The van der Waals surface area contributed by atoms with Gasteiger partial charge in [0.05, 0.1) is 7.11 Å². The Bertz CT molecular complexity index is 303. The summed E-state index contributed by atoms with van der Waals surface area (Å²) in [5.41, 5.74) is 5.61. The molecule has 0 saturated carbocycles. The van der Waals surface area contributed by atoms with E-state index < -0.39 is 0 Å². The van der Waals surface area contributed by atoms with E-state index in [1.165, 1.54) is 0 Å². The second-order valence-electron chi connectivity index (χ2n) is 3.68. The van der Waals surface area contributed by atoms with Gasteiger partial charge in [-0.05, 0) is 19.1 Å². The largest absolute Gasteiger partial charge is 0.493 e. The van der Waals surface area contributed by atoms with Crippen LogP contribution in [-0.4, -0.2) is 32.8 Å². The zero-order valence-electron chi connectivity index (χ0n) is 9.90.